The summed E-state index contributed by atoms with van der Waals surface area (Å²) in [6.45, 7) is 8.78. The number of benzene rings is 1. The highest BCUT2D eigenvalue weighted by atomic mass is 35.5. The van der Waals surface area contributed by atoms with Gasteiger partial charge in [0.05, 0.1) is 24.4 Å². The number of piperazine rings is 1. The Labute approximate surface area is 187 Å². The van der Waals surface area contributed by atoms with E-state index in [2.05, 4.69) is 16.7 Å². The summed E-state index contributed by atoms with van der Waals surface area (Å²) in [5, 5.41) is 11.6. The van der Waals surface area contributed by atoms with Gasteiger partial charge in [0.2, 0.25) is 0 Å². The minimum atomic E-state index is -0.354. The van der Waals surface area contributed by atoms with Crippen molar-refractivity contribution in [1.29, 1.82) is 0 Å². The number of furan rings is 1. The Kier molecular flexibility index (Phi) is 6.51. The Bertz CT molecular complexity index is 1070. The Morgan fingerprint density at radius 1 is 1.13 bits per heavy atom. The molecule has 0 spiro atoms. The molecule has 1 aromatic carbocycles. The SMILES string of the molecule is CCN1CCN([C@@H](c2ccc(Cl)cc2)c2c(O)cc(C)n(Cc3ccco3)c2=O)CC1. The van der Waals surface area contributed by atoms with Gasteiger partial charge in [-0.1, -0.05) is 30.7 Å². The number of likely N-dealkylation sites (N-methyl/N-ethyl adjacent to an activating group) is 1. The average Bonchev–Trinajstić information content (AvgIpc) is 3.28. The van der Waals surface area contributed by atoms with Crippen molar-refractivity contribution < 1.29 is 9.52 Å². The third-order valence-corrected chi connectivity index (χ3v) is 6.35. The van der Waals surface area contributed by atoms with E-state index in [1.54, 1.807) is 23.0 Å². The molecule has 6 nitrogen and oxygen atoms in total. The number of pyridine rings is 1. The zero-order chi connectivity index (χ0) is 22.0. The lowest BCUT2D eigenvalue weighted by Gasteiger charge is -2.39. The molecular formula is C24H28ClN3O3. The lowest BCUT2D eigenvalue weighted by atomic mass is 9.96. The normalized spacial score (nSPS) is 16.5. The predicted molar refractivity (Wildman–Crippen MR) is 122 cm³/mol. The van der Waals surface area contributed by atoms with Crippen molar-refractivity contribution in [2.45, 2.75) is 26.4 Å². The summed E-state index contributed by atoms with van der Waals surface area (Å²) in [5.41, 5.74) is 1.82. The van der Waals surface area contributed by atoms with Crippen LogP contribution in [0.1, 0.15) is 35.5 Å². The van der Waals surface area contributed by atoms with Crippen molar-refractivity contribution in [3.63, 3.8) is 0 Å². The van der Waals surface area contributed by atoms with E-state index < -0.39 is 0 Å². The summed E-state index contributed by atoms with van der Waals surface area (Å²) in [5.74, 6) is 0.720. The summed E-state index contributed by atoms with van der Waals surface area (Å²) in [6.07, 6.45) is 1.60. The first-order chi connectivity index (χ1) is 15.0. The van der Waals surface area contributed by atoms with Crippen LogP contribution in [0, 0.1) is 6.92 Å². The van der Waals surface area contributed by atoms with Crippen molar-refractivity contribution in [3.05, 3.63) is 86.7 Å². The highest BCUT2D eigenvalue weighted by Crippen LogP contribution is 2.34. The largest absolute Gasteiger partial charge is 0.507 e. The molecule has 1 N–H and O–H groups in total. The minimum Gasteiger partial charge on any atom is -0.507 e. The summed E-state index contributed by atoms with van der Waals surface area (Å²) in [7, 11) is 0. The fourth-order valence-corrected chi connectivity index (χ4v) is 4.45. The number of nitrogens with zero attached hydrogens (tertiary/aromatic N) is 3. The summed E-state index contributed by atoms with van der Waals surface area (Å²) < 4.78 is 7.13. The topological polar surface area (TPSA) is 61.9 Å². The molecule has 0 aliphatic carbocycles. The molecular weight excluding hydrogens is 414 g/mol. The van der Waals surface area contributed by atoms with E-state index in [0.29, 0.717) is 28.6 Å². The van der Waals surface area contributed by atoms with Gasteiger partial charge in [-0.25, -0.2) is 0 Å². The van der Waals surface area contributed by atoms with E-state index in [0.717, 1.165) is 38.3 Å². The van der Waals surface area contributed by atoms with Gasteiger partial charge in [-0.15, -0.1) is 0 Å². The van der Waals surface area contributed by atoms with Crippen molar-refractivity contribution >= 4 is 11.6 Å². The molecule has 0 unspecified atom stereocenters. The van der Waals surface area contributed by atoms with Crippen LogP contribution in [0.3, 0.4) is 0 Å². The highest BCUT2D eigenvalue weighted by Gasteiger charge is 2.31. The van der Waals surface area contributed by atoms with E-state index in [1.807, 2.05) is 37.3 Å². The summed E-state index contributed by atoms with van der Waals surface area (Å²) >= 11 is 6.13. The third-order valence-electron chi connectivity index (χ3n) is 6.10. The molecule has 0 saturated carbocycles. The lowest BCUT2D eigenvalue weighted by Crippen LogP contribution is -2.48. The Morgan fingerprint density at radius 2 is 1.84 bits per heavy atom. The second-order valence-electron chi connectivity index (χ2n) is 7.98. The smallest absolute Gasteiger partial charge is 0.260 e. The maximum Gasteiger partial charge on any atom is 0.260 e. The molecule has 3 aromatic rings. The predicted octanol–water partition coefficient (Wildman–Crippen LogP) is 3.88. The van der Waals surface area contributed by atoms with E-state index in [4.69, 9.17) is 16.0 Å². The van der Waals surface area contributed by atoms with Crippen molar-refractivity contribution in [2.75, 3.05) is 32.7 Å². The Morgan fingerprint density at radius 3 is 2.45 bits per heavy atom. The number of rotatable bonds is 6. The monoisotopic (exact) mass is 441 g/mol. The maximum absolute atomic E-state index is 13.7. The quantitative estimate of drug-likeness (QED) is 0.629. The zero-order valence-electron chi connectivity index (χ0n) is 17.9. The van der Waals surface area contributed by atoms with Crippen molar-refractivity contribution in [2.24, 2.45) is 0 Å². The molecule has 0 amide bonds. The number of halogens is 1. The molecule has 1 saturated heterocycles. The van der Waals surface area contributed by atoms with Crippen molar-refractivity contribution in [1.82, 2.24) is 14.4 Å². The van der Waals surface area contributed by atoms with Crippen LogP contribution in [0.25, 0.3) is 0 Å². The second-order valence-corrected chi connectivity index (χ2v) is 8.42. The van der Waals surface area contributed by atoms with Gasteiger partial charge in [0, 0.05) is 36.9 Å². The summed E-state index contributed by atoms with van der Waals surface area (Å²) in [6, 6.07) is 12.5. The third kappa shape index (κ3) is 4.56. The molecule has 4 rings (SSSR count). The number of aryl methyl sites for hydroxylation is 1. The fraction of sp³-hybridized carbons (Fsp3) is 0.375. The van der Waals surface area contributed by atoms with Crippen LogP contribution in [0.15, 0.2) is 57.9 Å². The van der Waals surface area contributed by atoms with Crippen LogP contribution in [0.5, 0.6) is 5.75 Å². The number of hydrogen-bond donors (Lipinski definition) is 1. The molecule has 0 radical (unpaired) electrons. The Balaban J connectivity index is 1.80. The van der Waals surface area contributed by atoms with Gasteiger partial charge in [0.1, 0.15) is 11.5 Å². The molecule has 1 fully saturated rings. The molecule has 1 aliphatic heterocycles. The minimum absolute atomic E-state index is 0.0241. The van der Waals surface area contributed by atoms with Gasteiger partial charge in [-0.05, 0) is 49.4 Å². The van der Waals surface area contributed by atoms with Gasteiger partial charge < -0.3 is 19.0 Å². The fourth-order valence-electron chi connectivity index (χ4n) is 4.32. The van der Waals surface area contributed by atoms with Crippen LogP contribution in [0.2, 0.25) is 5.02 Å². The van der Waals surface area contributed by atoms with Gasteiger partial charge in [-0.2, -0.15) is 0 Å². The zero-order valence-corrected chi connectivity index (χ0v) is 18.7. The van der Waals surface area contributed by atoms with Gasteiger partial charge in [0.25, 0.3) is 5.56 Å². The average molecular weight is 442 g/mol. The first-order valence-electron chi connectivity index (χ1n) is 10.7. The number of aromatic hydroxyl groups is 1. The Hall–Kier alpha value is -2.54. The first kappa shape index (κ1) is 21.7. The van der Waals surface area contributed by atoms with Gasteiger partial charge in [-0.3, -0.25) is 9.69 Å². The van der Waals surface area contributed by atoms with E-state index in [-0.39, 0.29) is 17.4 Å². The van der Waals surface area contributed by atoms with E-state index in [1.165, 1.54) is 0 Å². The molecule has 164 valence electrons. The molecule has 7 heteroatoms. The van der Waals surface area contributed by atoms with Crippen LogP contribution >= 0.6 is 11.6 Å². The van der Waals surface area contributed by atoms with Gasteiger partial charge >= 0.3 is 0 Å². The molecule has 2 aromatic heterocycles. The van der Waals surface area contributed by atoms with Crippen molar-refractivity contribution in [3.8, 4) is 5.75 Å². The van der Waals surface area contributed by atoms with Crippen LogP contribution in [0.4, 0.5) is 0 Å². The van der Waals surface area contributed by atoms with Crippen LogP contribution in [-0.4, -0.2) is 52.2 Å². The summed E-state index contributed by atoms with van der Waals surface area (Å²) in [4.78, 5) is 18.3. The van der Waals surface area contributed by atoms with Crippen LogP contribution in [-0.2, 0) is 6.54 Å². The highest BCUT2D eigenvalue weighted by molar-refractivity contribution is 6.30. The van der Waals surface area contributed by atoms with Gasteiger partial charge in [0.15, 0.2) is 0 Å². The molecule has 1 aliphatic rings. The van der Waals surface area contributed by atoms with Crippen LogP contribution < -0.4 is 5.56 Å². The molecule has 3 heterocycles. The molecule has 31 heavy (non-hydrogen) atoms. The maximum atomic E-state index is 13.7. The number of hydrogen-bond acceptors (Lipinski definition) is 5. The standard InChI is InChI=1S/C24H28ClN3O3/c1-3-26-10-12-27(13-11-26)23(18-6-8-19(25)9-7-18)22-21(29)15-17(2)28(24(22)30)16-20-5-4-14-31-20/h4-9,14-15,23,29H,3,10-13,16H2,1-2H3/t23-/m0/s1. The molecule has 1 atom stereocenters. The molecule has 0 bridgehead atoms. The number of aromatic nitrogens is 1. The first-order valence-corrected chi connectivity index (χ1v) is 11.0. The van der Waals surface area contributed by atoms with E-state index >= 15 is 0 Å². The van der Waals surface area contributed by atoms with E-state index in [9.17, 15) is 9.90 Å². The second kappa shape index (κ2) is 9.30. The lowest BCUT2D eigenvalue weighted by molar-refractivity contribution is 0.111.